The molecule has 2 aromatic rings. The summed E-state index contributed by atoms with van der Waals surface area (Å²) < 4.78 is 10.2. The first-order chi connectivity index (χ1) is 7.92. The Bertz CT molecular complexity index is 439. The molecule has 1 aromatic heterocycles. The molecule has 86 valence electrons. The van der Waals surface area contributed by atoms with Crippen LogP contribution in [0, 0.1) is 0 Å². The fourth-order valence-corrected chi connectivity index (χ4v) is 1.61. The highest BCUT2D eigenvalue weighted by Gasteiger charge is 2.05. The average Bonchev–Trinajstić information content (AvgIpc) is 2.73. The first-order valence-electron chi connectivity index (χ1n) is 5.45. The quantitative estimate of drug-likeness (QED) is 0.756. The van der Waals surface area contributed by atoms with Crippen LogP contribution in [0.1, 0.15) is 12.1 Å². The number of ether oxygens (including phenoxy) is 1. The second-order valence-corrected chi connectivity index (χ2v) is 3.65. The Labute approximate surface area is 94.6 Å². The van der Waals surface area contributed by atoms with Gasteiger partial charge in [-0.15, -0.1) is 0 Å². The number of hydrogen-bond donors (Lipinski definition) is 1. The Morgan fingerprint density at radius 2 is 2.25 bits per heavy atom. The van der Waals surface area contributed by atoms with Gasteiger partial charge < -0.3 is 14.6 Å². The van der Waals surface area contributed by atoms with E-state index in [-0.39, 0.29) is 0 Å². The fourth-order valence-electron chi connectivity index (χ4n) is 1.61. The maximum atomic E-state index is 5.21. The smallest absolute Gasteiger partial charge is 0.167 e. The van der Waals surface area contributed by atoms with Gasteiger partial charge in [0.2, 0.25) is 0 Å². The lowest BCUT2D eigenvalue weighted by Gasteiger charge is -2.01. The summed E-state index contributed by atoms with van der Waals surface area (Å²) in [5.41, 5.74) is 1.81. The molecule has 1 heterocycles. The SMILES string of the molecule is COCCCNCc1noc2ccccc12. The van der Waals surface area contributed by atoms with Gasteiger partial charge in [-0.05, 0) is 25.1 Å². The van der Waals surface area contributed by atoms with Crippen molar-refractivity contribution in [3.8, 4) is 0 Å². The first kappa shape index (κ1) is 11.1. The topological polar surface area (TPSA) is 47.3 Å². The summed E-state index contributed by atoms with van der Waals surface area (Å²) in [4.78, 5) is 0. The standard InChI is InChI=1S/C12H16N2O2/c1-15-8-4-7-13-9-11-10-5-2-3-6-12(10)16-14-11/h2-3,5-6,13H,4,7-9H2,1H3. The number of fused-ring (bicyclic) bond motifs is 1. The molecule has 0 aliphatic heterocycles. The van der Waals surface area contributed by atoms with Crippen molar-refractivity contribution < 1.29 is 9.26 Å². The molecule has 0 spiro atoms. The minimum absolute atomic E-state index is 0.737. The Hall–Kier alpha value is -1.39. The van der Waals surface area contributed by atoms with Crippen molar-refractivity contribution in [3.05, 3.63) is 30.0 Å². The number of rotatable bonds is 6. The highest BCUT2D eigenvalue weighted by molar-refractivity contribution is 5.79. The minimum atomic E-state index is 0.737. The van der Waals surface area contributed by atoms with Crippen LogP contribution in [0.5, 0.6) is 0 Å². The van der Waals surface area contributed by atoms with Gasteiger partial charge in [-0.3, -0.25) is 0 Å². The third-order valence-corrected chi connectivity index (χ3v) is 2.45. The van der Waals surface area contributed by atoms with Gasteiger partial charge in [-0.2, -0.15) is 0 Å². The van der Waals surface area contributed by atoms with Gasteiger partial charge in [0.1, 0.15) is 5.69 Å². The number of para-hydroxylation sites is 1. The molecule has 4 nitrogen and oxygen atoms in total. The van der Waals surface area contributed by atoms with E-state index in [0.717, 1.165) is 42.8 Å². The number of methoxy groups -OCH3 is 1. The maximum absolute atomic E-state index is 5.21. The Balaban J connectivity index is 1.89. The molecule has 1 aromatic carbocycles. The van der Waals surface area contributed by atoms with Crippen LogP contribution in [0.25, 0.3) is 11.0 Å². The molecule has 0 amide bonds. The van der Waals surface area contributed by atoms with Gasteiger partial charge in [-0.1, -0.05) is 17.3 Å². The van der Waals surface area contributed by atoms with Crippen LogP contribution in [-0.4, -0.2) is 25.4 Å². The van der Waals surface area contributed by atoms with Gasteiger partial charge in [0.25, 0.3) is 0 Å². The maximum Gasteiger partial charge on any atom is 0.167 e. The number of nitrogens with one attached hydrogen (secondary N) is 1. The van der Waals surface area contributed by atoms with Crippen molar-refractivity contribution in [2.45, 2.75) is 13.0 Å². The number of aromatic nitrogens is 1. The molecule has 4 heteroatoms. The second-order valence-electron chi connectivity index (χ2n) is 3.65. The zero-order valence-electron chi connectivity index (χ0n) is 9.40. The largest absolute Gasteiger partial charge is 0.385 e. The van der Waals surface area contributed by atoms with Crippen molar-refractivity contribution in [2.75, 3.05) is 20.3 Å². The van der Waals surface area contributed by atoms with E-state index in [1.165, 1.54) is 0 Å². The van der Waals surface area contributed by atoms with Gasteiger partial charge in [0.05, 0.1) is 0 Å². The molecule has 0 atom stereocenters. The van der Waals surface area contributed by atoms with Crippen molar-refractivity contribution in [1.29, 1.82) is 0 Å². The van der Waals surface area contributed by atoms with Crippen molar-refractivity contribution >= 4 is 11.0 Å². The molecular formula is C12H16N2O2. The van der Waals surface area contributed by atoms with E-state index < -0.39 is 0 Å². The van der Waals surface area contributed by atoms with E-state index in [1.54, 1.807) is 7.11 Å². The van der Waals surface area contributed by atoms with Gasteiger partial charge in [0, 0.05) is 25.6 Å². The summed E-state index contributed by atoms with van der Waals surface area (Å²) >= 11 is 0. The van der Waals surface area contributed by atoms with Gasteiger partial charge >= 0.3 is 0 Å². The van der Waals surface area contributed by atoms with E-state index >= 15 is 0 Å². The van der Waals surface area contributed by atoms with Crippen LogP contribution >= 0.6 is 0 Å². The van der Waals surface area contributed by atoms with Crippen LogP contribution < -0.4 is 5.32 Å². The van der Waals surface area contributed by atoms with E-state index in [9.17, 15) is 0 Å². The summed E-state index contributed by atoms with van der Waals surface area (Å²) in [7, 11) is 1.71. The number of benzene rings is 1. The summed E-state index contributed by atoms with van der Waals surface area (Å²) in [5, 5.41) is 8.44. The average molecular weight is 220 g/mol. The van der Waals surface area contributed by atoms with E-state index in [0.29, 0.717) is 0 Å². The van der Waals surface area contributed by atoms with Gasteiger partial charge in [-0.25, -0.2) is 0 Å². The zero-order chi connectivity index (χ0) is 11.2. The van der Waals surface area contributed by atoms with E-state index in [1.807, 2.05) is 24.3 Å². The summed E-state index contributed by atoms with van der Waals surface area (Å²) in [6.07, 6.45) is 1.01. The van der Waals surface area contributed by atoms with Crippen LogP contribution in [-0.2, 0) is 11.3 Å². The lowest BCUT2D eigenvalue weighted by molar-refractivity contribution is 0.194. The summed E-state index contributed by atoms with van der Waals surface area (Å²) in [5.74, 6) is 0. The molecule has 0 radical (unpaired) electrons. The number of nitrogens with zero attached hydrogens (tertiary/aromatic N) is 1. The van der Waals surface area contributed by atoms with Crippen molar-refractivity contribution in [2.24, 2.45) is 0 Å². The van der Waals surface area contributed by atoms with Crippen LogP contribution in [0.15, 0.2) is 28.8 Å². The molecule has 1 N–H and O–H groups in total. The molecule has 0 aliphatic rings. The normalized spacial score (nSPS) is 11.1. The fraction of sp³-hybridized carbons (Fsp3) is 0.417. The monoisotopic (exact) mass is 220 g/mol. The third kappa shape index (κ3) is 2.59. The van der Waals surface area contributed by atoms with Crippen LogP contribution in [0.3, 0.4) is 0 Å². The predicted octanol–water partition coefficient (Wildman–Crippen LogP) is 1.95. The molecule has 0 bridgehead atoms. The second kappa shape index (κ2) is 5.63. The molecular weight excluding hydrogens is 204 g/mol. The van der Waals surface area contributed by atoms with Crippen LogP contribution in [0.2, 0.25) is 0 Å². The van der Waals surface area contributed by atoms with E-state index in [2.05, 4.69) is 10.5 Å². The predicted molar refractivity (Wildman–Crippen MR) is 62.2 cm³/mol. The highest BCUT2D eigenvalue weighted by atomic mass is 16.5. The molecule has 0 saturated carbocycles. The third-order valence-electron chi connectivity index (χ3n) is 2.45. The summed E-state index contributed by atoms with van der Waals surface area (Å²) in [6.45, 7) is 2.45. The Morgan fingerprint density at radius 1 is 1.38 bits per heavy atom. The Morgan fingerprint density at radius 3 is 3.12 bits per heavy atom. The molecule has 0 saturated heterocycles. The zero-order valence-corrected chi connectivity index (χ0v) is 9.40. The molecule has 16 heavy (non-hydrogen) atoms. The van der Waals surface area contributed by atoms with Gasteiger partial charge in [0.15, 0.2) is 5.58 Å². The van der Waals surface area contributed by atoms with E-state index in [4.69, 9.17) is 9.26 Å². The minimum Gasteiger partial charge on any atom is -0.385 e. The lowest BCUT2D eigenvalue weighted by Crippen LogP contribution is -2.16. The van der Waals surface area contributed by atoms with Crippen molar-refractivity contribution in [3.63, 3.8) is 0 Å². The summed E-state index contributed by atoms with van der Waals surface area (Å²) in [6, 6.07) is 7.89. The van der Waals surface area contributed by atoms with Crippen LogP contribution in [0.4, 0.5) is 0 Å². The molecule has 0 fully saturated rings. The molecule has 0 aliphatic carbocycles. The highest BCUT2D eigenvalue weighted by Crippen LogP contribution is 2.17. The lowest BCUT2D eigenvalue weighted by atomic mass is 10.2. The Kier molecular flexibility index (Phi) is 3.91. The van der Waals surface area contributed by atoms with Crippen molar-refractivity contribution in [1.82, 2.24) is 10.5 Å². The number of hydrogen-bond acceptors (Lipinski definition) is 4. The first-order valence-corrected chi connectivity index (χ1v) is 5.45. The molecule has 0 unspecified atom stereocenters. The molecule has 2 rings (SSSR count).